The van der Waals surface area contributed by atoms with Crippen LogP contribution in [0.15, 0.2) is 229 Å². The van der Waals surface area contributed by atoms with Crippen molar-refractivity contribution in [2.75, 3.05) is 4.90 Å². The highest BCUT2D eigenvalue weighted by atomic mass is 16.3. The first kappa shape index (κ1) is 33.0. The maximum atomic E-state index is 6.27. The maximum absolute atomic E-state index is 6.27. The molecule has 268 valence electrons. The normalized spacial score (nSPS) is 12.7. The summed E-state index contributed by atoms with van der Waals surface area (Å²) >= 11 is 0. The Morgan fingerprint density at radius 2 is 0.842 bits per heavy atom. The van der Waals surface area contributed by atoms with Crippen LogP contribution in [0, 0.1) is 0 Å². The molecule has 0 radical (unpaired) electrons. The molecule has 1 aliphatic rings. The van der Waals surface area contributed by atoms with E-state index in [2.05, 4.69) is 217 Å². The highest BCUT2D eigenvalue weighted by molar-refractivity contribution is 6.12. The fraction of sp³-hybridized carbons (Fsp3) is 0.0182. The number of rotatable bonds is 7. The summed E-state index contributed by atoms with van der Waals surface area (Å²) in [5.74, 6) is 0. The number of nitrogens with zero attached hydrogens (tertiary/aromatic N) is 1. The minimum Gasteiger partial charge on any atom is -0.456 e. The van der Waals surface area contributed by atoms with Crippen molar-refractivity contribution in [1.82, 2.24) is 0 Å². The van der Waals surface area contributed by atoms with Crippen LogP contribution in [0.5, 0.6) is 0 Å². The molecule has 1 aromatic heterocycles. The Balaban J connectivity index is 1.11. The first-order valence-corrected chi connectivity index (χ1v) is 19.6. The lowest BCUT2D eigenvalue weighted by Crippen LogP contribution is -2.28. The molecule has 0 spiro atoms. The van der Waals surface area contributed by atoms with Gasteiger partial charge >= 0.3 is 0 Å². The Labute approximate surface area is 332 Å². The molecule has 2 nitrogen and oxygen atoms in total. The molecule has 0 fully saturated rings. The molecule has 1 aliphatic carbocycles. The third kappa shape index (κ3) is 5.26. The first-order chi connectivity index (χ1) is 28.3. The molecule has 57 heavy (non-hydrogen) atoms. The lowest BCUT2D eigenvalue weighted by molar-refractivity contribution is 0.669. The Hall–Kier alpha value is -7.42. The van der Waals surface area contributed by atoms with Gasteiger partial charge in [0.15, 0.2) is 0 Å². The molecule has 0 bridgehead atoms. The van der Waals surface area contributed by atoms with Gasteiger partial charge in [-0.1, -0.05) is 176 Å². The second kappa shape index (κ2) is 13.4. The molecule has 0 atom stereocenters. The van der Waals surface area contributed by atoms with E-state index < -0.39 is 5.41 Å². The number of anilines is 3. The van der Waals surface area contributed by atoms with Gasteiger partial charge in [-0.2, -0.15) is 0 Å². The Kier molecular flexibility index (Phi) is 7.75. The SMILES string of the molecule is c1ccc(-c2ccc(N(c3ccc(-c4cccc5oc6ccccc6c45)cc3)c3ccc4c(c3)C(c3ccccc3)(c3ccccc3)c3ccccc3-4)cc2)cc1. The summed E-state index contributed by atoms with van der Waals surface area (Å²) in [5.41, 5.74) is 16.9. The zero-order chi connectivity index (χ0) is 37.8. The Morgan fingerprint density at radius 3 is 1.54 bits per heavy atom. The fourth-order valence-electron chi connectivity index (χ4n) is 9.26. The predicted octanol–water partition coefficient (Wildman–Crippen LogP) is 14.8. The van der Waals surface area contributed by atoms with E-state index in [1.165, 1.54) is 44.5 Å². The lowest BCUT2D eigenvalue weighted by Gasteiger charge is -2.35. The minimum atomic E-state index is -0.497. The predicted molar refractivity (Wildman–Crippen MR) is 237 cm³/mol. The van der Waals surface area contributed by atoms with Crippen LogP contribution in [-0.4, -0.2) is 0 Å². The molecule has 11 rings (SSSR count). The quantitative estimate of drug-likeness (QED) is 0.163. The molecule has 9 aromatic carbocycles. The van der Waals surface area contributed by atoms with Crippen molar-refractivity contribution in [3.63, 3.8) is 0 Å². The number of furan rings is 1. The summed E-state index contributed by atoms with van der Waals surface area (Å²) in [6.07, 6.45) is 0. The minimum absolute atomic E-state index is 0.497. The highest BCUT2D eigenvalue weighted by Crippen LogP contribution is 2.57. The topological polar surface area (TPSA) is 16.4 Å². The van der Waals surface area contributed by atoms with Gasteiger partial charge < -0.3 is 9.32 Å². The van der Waals surface area contributed by atoms with Gasteiger partial charge in [-0.15, -0.1) is 0 Å². The standard InChI is InChI=1S/C55H37NO/c1-4-15-38(16-5-1)39-27-31-43(32-28-39)56(44-33-29-40(30-34-44)46-23-14-26-53-54(46)49-22-11-13-25-52(49)57-53)45-35-36-48-47-21-10-12-24-50(47)55(51(48)37-45,41-17-6-2-7-18-41)42-19-8-3-9-20-42/h1-37H. The van der Waals surface area contributed by atoms with Gasteiger partial charge in [-0.3, -0.25) is 0 Å². The van der Waals surface area contributed by atoms with E-state index in [9.17, 15) is 0 Å². The van der Waals surface area contributed by atoms with E-state index in [1.54, 1.807) is 0 Å². The largest absolute Gasteiger partial charge is 0.456 e. The molecule has 0 N–H and O–H groups in total. The Bertz CT molecular complexity index is 3000. The summed E-state index contributed by atoms with van der Waals surface area (Å²) in [6, 6.07) is 81.3. The van der Waals surface area contributed by atoms with E-state index in [4.69, 9.17) is 4.42 Å². The van der Waals surface area contributed by atoms with Crippen molar-refractivity contribution in [3.8, 4) is 33.4 Å². The van der Waals surface area contributed by atoms with Gasteiger partial charge in [0.1, 0.15) is 11.2 Å². The molecule has 0 aliphatic heterocycles. The van der Waals surface area contributed by atoms with E-state index in [0.717, 1.165) is 50.1 Å². The Morgan fingerprint density at radius 1 is 0.333 bits per heavy atom. The number of hydrogen-bond donors (Lipinski definition) is 0. The van der Waals surface area contributed by atoms with Gasteiger partial charge in [-0.05, 0) is 104 Å². The van der Waals surface area contributed by atoms with Crippen LogP contribution >= 0.6 is 0 Å². The number of hydrogen-bond acceptors (Lipinski definition) is 2. The molecule has 0 saturated carbocycles. The van der Waals surface area contributed by atoms with Crippen molar-refractivity contribution in [2.45, 2.75) is 5.41 Å². The van der Waals surface area contributed by atoms with Crippen molar-refractivity contribution in [3.05, 3.63) is 247 Å². The van der Waals surface area contributed by atoms with Crippen LogP contribution in [0.3, 0.4) is 0 Å². The average Bonchev–Trinajstić information content (AvgIpc) is 3.82. The summed E-state index contributed by atoms with van der Waals surface area (Å²) < 4.78 is 6.27. The molecule has 0 amide bonds. The van der Waals surface area contributed by atoms with Crippen LogP contribution in [0.25, 0.3) is 55.3 Å². The zero-order valence-corrected chi connectivity index (χ0v) is 31.2. The third-order valence-corrected chi connectivity index (χ3v) is 11.8. The average molecular weight is 728 g/mol. The molecule has 0 saturated heterocycles. The van der Waals surface area contributed by atoms with Crippen LogP contribution < -0.4 is 4.90 Å². The first-order valence-electron chi connectivity index (χ1n) is 19.6. The summed E-state index contributed by atoms with van der Waals surface area (Å²) in [5, 5.41) is 2.28. The number of benzene rings is 9. The van der Waals surface area contributed by atoms with Gasteiger partial charge in [0.25, 0.3) is 0 Å². The number of fused-ring (bicyclic) bond motifs is 6. The van der Waals surface area contributed by atoms with Crippen LogP contribution in [0.2, 0.25) is 0 Å². The summed E-state index contributed by atoms with van der Waals surface area (Å²) in [7, 11) is 0. The van der Waals surface area contributed by atoms with Crippen LogP contribution in [-0.2, 0) is 5.41 Å². The van der Waals surface area contributed by atoms with Crippen LogP contribution in [0.1, 0.15) is 22.3 Å². The van der Waals surface area contributed by atoms with E-state index >= 15 is 0 Å². The van der Waals surface area contributed by atoms with Crippen molar-refractivity contribution >= 4 is 39.0 Å². The molecular formula is C55H37NO. The second-order valence-electron chi connectivity index (χ2n) is 14.8. The smallest absolute Gasteiger partial charge is 0.136 e. The lowest BCUT2D eigenvalue weighted by atomic mass is 9.67. The zero-order valence-electron chi connectivity index (χ0n) is 31.2. The van der Waals surface area contributed by atoms with E-state index in [0.29, 0.717) is 0 Å². The van der Waals surface area contributed by atoms with E-state index in [1.807, 2.05) is 12.1 Å². The molecule has 10 aromatic rings. The van der Waals surface area contributed by atoms with Gasteiger partial charge in [0.05, 0.1) is 5.41 Å². The molecule has 0 unspecified atom stereocenters. The van der Waals surface area contributed by atoms with Gasteiger partial charge in [-0.25, -0.2) is 0 Å². The third-order valence-electron chi connectivity index (χ3n) is 11.8. The second-order valence-corrected chi connectivity index (χ2v) is 14.8. The summed E-state index contributed by atoms with van der Waals surface area (Å²) in [4.78, 5) is 2.40. The maximum Gasteiger partial charge on any atom is 0.136 e. The van der Waals surface area contributed by atoms with Gasteiger partial charge in [0.2, 0.25) is 0 Å². The van der Waals surface area contributed by atoms with Crippen molar-refractivity contribution in [1.29, 1.82) is 0 Å². The monoisotopic (exact) mass is 727 g/mol. The van der Waals surface area contributed by atoms with Crippen molar-refractivity contribution < 1.29 is 4.42 Å². The molecular weight excluding hydrogens is 691 g/mol. The fourth-order valence-corrected chi connectivity index (χ4v) is 9.26. The van der Waals surface area contributed by atoms with E-state index in [-0.39, 0.29) is 0 Å². The molecule has 2 heteroatoms. The molecule has 1 heterocycles. The van der Waals surface area contributed by atoms with Gasteiger partial charge in [0, 0.05) is 27.8 Å². The highest BCUT2D eigenvalue weighted by Gasteiger charge is 2.46. The van der Waals surface area contributed by atoms with Crippen molar-refractivity contribution in [2.24, 2.45) is 0 Å². The number of para-hydroxylation sites is 1. The van der Waals surface area contributed by atoms with Crippen LogP contribution in [0.4, 0.5) is 17.1 Å². The summed E-state index contributed by atoms with van der Waals surface area (Å²) in [6.45, 7) is 0.